The number of sulfonamides is 1. The Hall–Kier alpha value is -3.81. The third kappa shape index (κ3) is 5.82. The van der Waals surface area contributed by atoms with Gasteiger partial charge in [-0.15, -0.1) is 0 Å². The maximum Gasteiger partial charge on any atom is 0.264 e. The lowest BCUT2D eigenvalue weighted by molar-refractivity contribution is -0.114. The lowest BCUT2D eigenvalue weighted by atomic mass is 10.2. The molecule has 0 unspecified atom stereocenters. The van der Waals surface area contributed by atoms with Crippen LogP contribution in [-0.4, -0.2) is 20.9 Å². The Morgan fingerprint density at radius 3 is 2.20 bits per heavy atom. The number of anilines is 2. The van der Waals surface area contributed by atoms with Crippen molar-refractivity contribution in [3.8, 4) is 11.5 Å². The molecular weight excluding hydrogens is 484 g/mol. The van der Waals surface area contributed by atoms with Crippen LogP contribution in [0.25, 0.3) is 0 Å². The number of nitrogens with one attached hydrogen (secondary N) is 1. The van der Waals surface area contributed by atoms with Gasteiger partial charge in [0.05, 0.1) is 16.3 Å². The molecule has 178 valence electrons. The van der Waals surface area contributed by atoms with E-state index >= 15 is 0 Å². The fourth-order valence-electron chi connectivity index (χ4n) is 3.37. The number of hydrogen-bond donors (Lipinski definition) is 1. The summed E-state index contributed by atoms with van der Waals surface area (Å²) >= 11 is 6.28. The minimum Gasteiger partial charge on any atom is -0.455 e. The van der Waals surface area contributed by atoms with Crippen molar-refractivity contribution in [2.45, 2.75) is 11.8 Å². The van der Waals surface area contributed by atoms with E-state index in [0.717, 1.165) is 9.87 Å². The van der Waals surface area contributed by atoms with E-state index in [4.69, 9.17) is 16.3 Å². The summed E-state index contributed by atoms with van der Waals surface area (Å²) in [5.74, 6) is 0.505. The Labute approximate surface area is 209 Å². The molecular formula is C27H23ClN2O4S. The molecule has 1 amide bonds. The minimum atomic E-state index is -4.05. The first-order chi connectivity index (χ1) is 16.8. The van der Waals surface area contributed by atoms with E-state index < -0.39 is 22.5 Å². The predicted molar refractivity (Wildman–Crippen MR) is 139 cm³/mol. The summed E-state index contributed by atoms with van der Waals surface area (Å²) in [6.45, 7) is 1.36. The number of carbonyl (C=O) groups excluding carboxylic acids is 1. The second-order valence-electron chi connectivity index (χ2n) is 7.72. The number of ether oxygens (including phenoxy) is 1. The molecule has 0 bridgehead atoms. The van der Waals surface area contributed by atoms with Crippen LogP contribution in [0.5, 0.6) is 11.5 Å². The predicted octanol–water partition coefficient (Wildman–Crippen LogP) is 6.27. The lowest BCUT2D eigenvalue weighted by Gasteiger charge is -2.25. The first-order valence-corrected chi connectivity index (χ1v) is 12.6. The zero-order valence-corrected chi connectivity index (χ0v) is 20.5. The van der Waals surface area contributed by atoms with Crippen molar-refractivity contribution < 1.29 is 17.9 Å². The van der Waals surface area contributed by atoms with Crippen molar-refractivity contribution in [2.24, 2.45) is 0 Å². The summed E-state index contributed by atoms with van der Waals surface area (Å²) in [7, 11) is -4.05. The van der Waals surface area contributed by atoms with E-state index in [0.29, 0.717) is 22.2 Å². The quantitative estimate of drug-likeness (QED) is 0.305. The van der Waals surface area contributed by atoms with Crippen LogP contribution in [0.1, 0.15) is 5.56 Å². The van der Waals surface area contributed by atoms with Crippen LogP contribution in [0.15, 0.2) is 108 Å². The normalized spacial score (nSPS) is 11.0. The summed E-state index contributed by atoms with van der Waals surface area (Å²) in [4.78, 5) is 13.2. The number of para-hydroxylation sites is 3. The molecule has 0 saturated carbocycles. The van der Waals surface area contributed by atoms with E-state index in [9.17, 15) is 13.2 Å². The lowest BCUT2D eigenvalue weighted by Crippen LogP contribution is -2.38. The molecule has 1 N–H and O–H groups in total. The average molecular weight is 507 g/mol. The van der Waals surface area contributed by atoms with Gasteiger partial charge in [0, 0.05) is 5.02 Å². The maximum atomic E-state index is 13.5. The number of nitrogens with zero attached hydrogens (tertiary/aromatic N) is 1. The van der Waals surface area contributed by atoms with E-state index in [1.807, 2.05) is 25.1 Å². The molecule has 4 aromatic carbocycles. The first kappa shape index (κ1) is 24.3. The number of halogens is 1. The van der Waals surface area contributed by atoms with Gasteiger partial charge >= 0.3 is 0 Å². The van der Waals surface area contributed by atoms with Crippen molar-refractivity contribution in [1.82, 2.24) is 0 Å². The van der Waals surface area contributed by atoms with Crippen molar-refractivity contribution >= 4 is 38.9 Å². The van der Waals surface area contributed by atoms with Gasteiger partial charge in [0.15, 0.2) is 5.75 Å². The summed E-state index contributed by atoms with van der Waals surface area (Å²) in [5.41, 5.74) is 1.50. The molecule has 4 rings (SSSR count). The Balaban J connectivity index is 1.63. The van der Waals surface area contributed by atoms with Crippen molar-refractivity contribution in [1.29, 1.82) is 0 Å². The monoisotopic (exact) mass is 506 g/mol. The molecule has 0 radical (unpaired) electrons. The molecule has 0 spiro atoms. The molecule has 0 aliphatic heterocycles. The Kier molecular flexibility index (Phi) is 7.39. The van der Waals surface area contributed by atoms with Crippen LogP contribution < -0.4 is 14.4 Å². The van der Waals surface area contributed by atoms with Gasteiger partial charge in [0.2, 0.25) is 5.91 Å². The fourth-order valence-corrected chi connectivity index (χ4v) is 4.97. The Morgan fingerprint density at radius 2 is 1.51 bits per heavy atom. The molecule has 8 heteroatoms. The third-order valence-corrected chi connectivity index (χ3v) is 7.39. The number of rotatable bonds is 8. The van der Waals surface area contributed by atoms with Crippen molar-refractivity contribution in [3.05, 3.63) is 114 Å². The molecule has 35 heavy (non-hydrogen) atoms. The van der Waals surface area contributed by atoms with Crippen LogP contribution in [0.3, 0.4) is 0 Å². The van der Waals surface area contributed by atoms with Crippen LogP contribution >= 0.6 is 11.6 Å². The fraction of sp³-hybridized carbons (Fsp3) is 0.0741. The van der Waals surface area contributed by atoms with Gasteiger partial charge in [-0.1, -0.05) is 66.2 Å². The molecule has 0 atom stereocenters. The number of aryl methyl sites for hydroxylation is 1. The zero-order chi connectivity index (χ0) is 24.8. The second-order valence-corrected chi connectivity index (χ2v) is 9.99. The van der Waals surface area contributed by atoms with E-state index in [-0.39, 0.29) is 10.6 Å². The Bertz CT molecular complexity index is 1430. The molecule has 0 aliphatic carbocycles. The number of carbonyl (C=O) groups is 1. The minimum absolute atomic E-state index is 0.0670. The number of benzene rings is 4. The van der Waals surface area contributed by atoms with Gasteiger partial charge in [-0.25, -0.2) is 8.42 Å². The van der Waals surface area contributed by atoms with Crippen LogP contribution in [0, 0.1) is 6.92 Å². The molecule has 0 fully saturated rings. The highest BCUT2D eigenvalue weighted by Gasteiger charge is 2.27. The molecule has 0 heterocycles. The van der Waals surface area contributed by atoms with E-state index in [2.05, 4.69) is 5.32 Å². The number of hydrogen-bond acceptors (Lipinski definition) is 4. The maximum absolute atomic E-state index is 13.5. The van der Waals surface area contributed by atoms with Gasteiger partial charge in [0.1, 0.15) is 12.3 Å². The summed E-state index contributed by atoms with van der Waals surface area (Å²) in [6.07, 6.45) is 0. The standard InChI is InChI=1S/C27H23ClN2O4S/c1-20-16-17-21(18-24(20)28)30(35(32,33)23-12-6-3-7-13-23)19-27(31)29-25-14-8-9-15-26(25)34-22-10-4-2-5-11-22/h2-18H,19H2,1H3,(H,29,31). The largest absolute Gasteiger partial charge is 0.455 e. The highest BCUT2D eigenvalue weighted by atomic mass is 35.5. The Morgan fingerprint density at radius 1 is 0.886 bits per heavy atom. The van der Waals surface area contributed by atoms with E-state index in [1.165, 1.54) is 18.2 Å². The summed E-state index contributed by atoms with van der Waals surface area (Å²) in [6, 6.07) is 28.9. The molecule has 0 aromatic heterocycles. The van der Waals surface area contributed by atoms with Gasteiger partial charge in [0.25, 0.3) is 10.0 Å². The van der Waals surface area contributed by atoms with Crippen molar-refractivity contribution in [3.63, 3.8) is 0 Å². The van der Waals surface area contributed by atoms with Gasteiger partial charge < -0.3 is 10.1 Å². The molecule has 4 aromatic rings. The SMILES string of the molecule is Cc1ccc(N(CC(=O)Nc2ccccc2Oc2ccccc2)S(=O)(=O)c2ccccc2)cc1Cl. The first-order valence-electron chi connectivity index (χ1n) is 10.8. The summed E-state index contributed by atoms with van der Waals surface area (Å²) < 4.78 is 34.0. The van der Waals surface area contributed by atoms with Crippen LogP contribution in [0.2, 0.25) is 5.02 Å². The van der Waals surface area contributed by atoms with Gasteiger partial charge in [-0.3, -0.25) is 9.10 Å². The summed E-state index contributed by atoms with van der Waals surface area (Å²) in [5, 5.41) is 3.18. The smallest absolute Gasteiger partial charge is 0.264 e. The molecule has 0 saturated heterocycles. The highest BCUT2D eigenvalue weighted by molar-refractivity contribution is 7.92. The molecule has 0 aliphatic rings. The topological polar surface area (TPSA) is 75.7 Å². The van der Waals surface area contributed by atoms with Gasteiger partial charge in [-0.2, -0.15) is 0 Å². The highest BCUT2D eigenvalue weighted by Crippen LogP contribution is 2.31. The van der Waals surface area contributed by atoms with E-state index in [1.54, 1.807) is 66.7 Å². The second kappa shape index (κ2) is 10.6. The van der Waals surface area contributed by atoms with Crippen LogP contribution in [0.4, 0.5) is 11.4 Å². The van der Waals surface area contributed by atoms with Crippen LogP contribution in [-0.2, 0) is 14.8 Å². The van der Waals surface area contributed by atoms with Crippen molar-refractivity contribution in [2.75, 3.05) is 16.2 Å². The number of amides is 1. The average Bonchev–Trinajstić information content (AvgIpc) is 2.86. The third-order valence-electron chi connectivity index (χ3n) is 5.19. The molecule has 6 nitrogen and oxygen atoms in total. The van der Waals surface area contributed by atoms with Gasteiger partial charge in [-0.05, 0) is 61.0 Å². The zero-order valence-electron chi connectivity index (χ0n) is 18.9.